The minimum absolute atomic E-state index is 0.744. The van der Waals surface area contributed by atoms with Gasteiger partial charge in [-0.25, -0.2) is 0 Å². The zero-order valence-corrected chi connectivity index (χ0v) is 10.3. The van der Waals surface area contributed by atoms with Crippen LogP contribution in [0.5, 0.6) is 0 Å². The summed E-state index contributed by atoms with van der Waals surface area (Å²) in [4.78, 5) is 0.952. The third-order valence-electron chi connectivity index (χ3n) is 1.74. The molecule has 2 aromatic rings. The molecule has 1 aromatic carbocycles. The van der Waals surface area contributed by atoms with Crippen molar-refractivity contribution in [3.8, 4) is 6.07 Å². The second-order valence-electron chi connectivity index (χ2n) is 2.56. The smallest absolute Gasteiger partial charge is 0.101 e. The lowest BCUT2D eigenvalue weighted by Crippen LogP contribution is -1.75. The maximum Gasteiger partial charge on any atom is 0.101 e. The van der Waals surface area contributed by atoms with Crippen LogP contribution in [0.2, 0.25) is 0 Å². The van der Waals surface area contributed by atoms with Crippen molar-refractivity contribution in [3.05, 3.63) is 26.6 Å². The number of hydrogen-bond donors (Lipinski definition) is 1. The van der Waals surface area contributed by atoms with Gasteiger partial charge in [-0.1, -0.05) is 0 Å². The summed E-state index contributed by atoms with van der Waals surface area (Å²) in [5, 5.41) is 11.7. The molecule has 64 valence electrons. The van der Waals surface area contributed by atoms with Gasteiger partial charge in [-0.2, -0.15) is 5.26 Å². The Hall–Kier alpha value is -0.250. The summed E-state index contributed by atoms with van der Waals surface area (Å²) in [5.74, 6) is 0. The Morgan fingerprint density at radius 2 is 2.23 bits per heavy atom. The Bertz CT molecular complexity index is 510. The van der Waals surface area contributed by atoms with Crippen molar-refractivity contribution in [2.24, 2.45) is 0 Å². The number of nitriles is 1. The molecule has 0 aliphatic carbocycles. The quantitative estimate of drug-likeness (QED) is 0.582. The maximum absolute atomic E-state index is 8.84. The molecular weight excluding hydrogens is 313 g/mol. The minimum Gasteiger partial charge on any atom is -0.192 e. The molecule has 0 bridgehead atoms. The van der Waals surface area contributed by atoms with Gasteiger partial charge in [0.15, 0.2) is 0 Å². The van der Waals surface area contributed by atoms with Gasteiger partial charge >= 0.3 is 0 Å². The van der Waals surface area contributed by atoms with E-state index in [9.17, 15) is 0 Å². The lowest BCUT2D eigenvalue weighted by atomic mass is 10.2. The van der Waals surface area contributed by atoms with Crippen molar-refractivity contribution in [1.29, 1.82) is 5.26 Å². The summed E-state index contributed by atoms with van der Waals surface area (Å²) in [6.07, 6.45) is 0. The van der Waals surface area contributed by atoms with Crippen molar-refractivity contribution in [2.75, 3.05) is 0 Å². The van der Waals surface area contributed by atoms with Crippen molar-refractivity contribution in [3.63, 3.8) is 0 Å². The van der Waals surface area contributed by atoms with Crippen molar-refractivity contribution in [1.82, 2.24) is 0 Å². The van der Waals surface area contributed by atoms with E-state index < -0.39 is 0 Å². The van der Waals surface area contributed by atoms with Crippen molar-refractivity contribution in [2.45, 2.75) is 4.90 Å². The van der Waals surface area contributed by atoms with Gasteiger partial charge in [0, 0.05) is 23.9 Å². The molecule has 0 unspecified atom stereocenters. The molecule has 0 radical (unpaired) electrons. The van der Waals surface area contributed by atoms with E-state index in [1.165, 1.54) is 0 Å². The fourth-order valence-electron chi connectivity index (χ4n) is 1.17. The molecule has 13 heavy (non-hydrogen) atoms. The number of benzene rings is 1. The molecule has 0 spiro atoms. The fourth-order valence-corrected chi connectivity index (χ4v) is 3.35. The topological polar surface area (TPSA) is 23.8 Å². The van der Waals surface area contributed by atoms with E-state index in [2.05, 4.69) is 41.3 Å². The standard InChI is InChI=1S/C9H4INS2/c10-6-1-7-5(3-11)4-13-9(7)8(12)2-6/h1-2,4,12H. The van der Waals surface area contributed by atoms with Crippen LogP contribution in [0.4, 0.5) is 0 Å². The van der Waals surface area contributed by atoms with E-state index in [1.807, 2.05) is 17.5 Å². The van der Waals surface area contributed by atoms with Crippen LogP contribution in [0.1, 0.15) is 5.56 Å². The van der Waals surface area contributed by atoms with Gasteiger partial charge in [0.2, 0.25) is 0 Å². The first kappa shape index (κ1) is 9.31. The van der Waals surface area contributed by atoms with Gasteiger partial charge in [-0.05, 0) is 34.7 Å². The maximum atomic E-state index is 8.84. The van der Waals surface area contributed by atoms with Crippen LogP contribution < -0.4 is 0 Å². The average Bonchev–Trinajstić information content (AvgIpc) is 2.47. The fraction of sp³-hybridized carbons (Fsp3) is 0. The summed E-state index contributed by atoms with van der Waals surface area (Å²) >= 11 is 8.17. The van der Waals surface area contributed by atoms with Crippen LogP contribution in [0.25, 0.3) is 10.1 Å². The van der Waals surface area contributed by atoms with Crippen LogP contribution in [0.15, 0.2) is 22.4 Å². The minimum atomic E-state index is 0.744. The molecule has 1 aromatic heterocycles. The molecule has 0 saturated carbocycles. The Balaban J connectivity index is 2.92. The lowest BCUT2D eigenvalue weighted by Gasteiger charge is -1.96. The number of nitrogens with zero attached hydrogens (tertiary/aromatic N) is 1. The molecule has 1 nitrogen and oxygen atoms in total. The van der Waals surface area contributed by atoms with E-state index in [0.717, 1.165) is 24.1 Å². The first-order valence-electron chi connectivity index (χ1n) is 3.52. The van der Waals surface area contributed by atoms with Crippen molar-refractivity contribution < 1.29 is 0 Å². The number of thiol groups is 1. The number of hydrogen-bond acceptors (Lipinski definition) is 3. The number of halogens is 1. The van der Waals surface area contributed by atoms with E-state index in [1.54, 1.807) is 11.3 Å². The van der Waals surface area contributed by atoms with E-state index in [4.69, 9.17) is 5.26 Å². The summed E-state index contributed by atoms with van der Waals surface area (Å²) in [5.41, 5.74) is 0.744. The molecule has 0 fully saturated rings. The van der Waals surface area contributed by atoms with Gasteiger partial charge in [0.1, 0.15) is 6.07 Å². The van der Waals surface area contributed by atoms with E-state index >= 15 is 0 Å². The van der Waals surface area contributed by atoms with Gasteiger partial charge < -0.3 is 0 Å². The molecule has 0 saturated heterocycles. The monoisotopic (exact) mass is 317 g/mol. The normalized spacial score (nSPS) is 10.2. The average molecular weight is 317 g/mol. The first-order valence-corrected chi connectivity index (χ1v) is 5.93. The molecule has 1 heterocycles. The molecule has 2 rings (SSSR count). The Kier molecular flexibility index (Phi) is 2.49. The SMILES string of the molecule is N#Cc1csc2c(S)cc(I)cc12. The summed E-state index contributed by atoms with van der Waals surface area (Å²) in [6, 6.07) is 6.20. The van der Waals surface area contributed by atoms with Crippen molar-refractivity contribution >= 4 is 56.6 Å². The van der Waals surface area contributed by atoms with E-state index in [0.29, 0.717) is 0 Å². The Morgan fingerprint density at radius 1 is 1.46 bits per heavy atom. The van der Waals surface area contributed by atoms with Crippen LogP contribution in [0, 0.1) is 14.9 Å². The van der Waals surface area contributed by atoms with Crippen LogP contribution in [-0.2, 0) is 0 Å². The lowest BCUT2D eigenvalue weighted by molar-refractivity contribution is 1.51. The second kappa shape index (κ2) is 3.48. The highest BCUT2D eigenvalue weighted by molar-refractivity contribution is 14.1. The zero-order chi connectivity index (χ0) is 9.42. The van der Waals surface area contributed by atoms with Gasteiger partial charge in [-0.3, -0.25) is 0 Å². The van der Waals surface area contributed by atoms with Gasteiger partial charge in [0.25, 0.3) is 0 Å². The molecule has 4 heteroatoms. The number of rotatable bonds is 0. The third-order valence-corrected chi connectivity index (χ3v) is 3.90. The highest BCUT2D eigenvalue weighted by Gasteiger charge is 2.06. The second-order valence-corrected chi connectivity index (χ2v) is 5.17. The first-order chi connectivity index (χ1) is 6.22. The summed E-state index contributed by atoms with van der Waals surface area (Å²) < 4.78 is 2.21. The predicted octanol–water partition coefficient (Wildman–Crippen LogP) is 3.67. The predicted molar refractivity (Wildman–Crippen MR) is 66.5 cm³/mol. The Morgan fingerprint density at radius 3 is 2.92 bits per heavy atom. The van der Waals surface area contributed by atoms with Gasteiger partial charge in [0.05, 0.1) is 5.56 Å². The zero-order valence-electron chi connectivity index (χ0n) is 6.41. The van der Waals surface area contributed by atoms with Crippen LogP contribution in [-0.4, -0.2) is 0 Å². The largest absolute Gasteiger partial charge is 0.192 e. The van der Waals surface area contributed by atoms with Crippen LogP contribution >= 0.6 is 46.6 Å². The van der Waals surface area contributed by atoms with Crippen LogP contribution in [0.3, 0.4) is 0 Å². The summed E-state index contributed by atoms with van der Waals surface area (Å²) in [6.45, 7) is 0. The number of fused-ring (bicyclic) bond motifs is 1. The summed E-state index contributed by atoms with van der Waals surface area (Å²) in [7, 11) is 0. The Labute approximate surface area is 98.9 Å². The molecular formula is C9H4INS2. The number of thiophene rings is 1. The van der Waals surface area contributed by atoms with Gasteiger partial charge in [-0.15, -0.1) is 24.0 Å². The molecule has 0 amide bonds. The third kappa shape index (κ3) is 1.56. The molecule has 0 aliphatic heterocycles. The van der Waals surface area contributed by atoms with E-state index in [-0.39, 0.29) is 0 Å². The highest BCUT2D eigenvalue weighted by atomic mass is 127. The molecule has 0 aliphatic rings. The highest BCUT2D eigenvalue weighted by Crippen LogP contribution is 2.32. The molecule has 0 atom stereocenters. The molecule has 0 N–H and O–H groups in total.